The maximum absolute atomic E-state index is 10.9. The van der Waals surface area contributed by atoms with Gasteiger partial charge in [0.1, 0.15) is 10.6 Å². The van der Waals surface area contributed by atoms with Crippen LogP contribution >= 0.6 is 27.3 Å². The molecule has 0 aromatic carbocycles. The lowest BCUT2D eigenvalue weighted by Crippen LogP contribution is -1.98. The highest BCUT2D eigenvalue weighted by atomic mass is 79.9. The summed E-state index contributed by atoms with van der Waals surface area (Å²) in [5.74, 6) is -0.682. The molecule has 0 atom stereocenters. The third-order valence-corrected chi connectivity index (χ3v) is 2.97. The molecule has 0 unspecified atom stereocenters. The number of anilines is 1. The number of carboxylic acid groups (broad SMARTS) is 1. The maximum atomic E-state index is 10.9. The third-order valence-electron chi connectivity index (χ3n) is 1.64. The van der Waals surface area contributed by atoms with E-state index in [0.29, 0.717) is 15.3 Å². The van der Waals surface area contributed by atoms with Gasteiger partial charge in [-0.15, -0.1) is 0 Å². The maximum Gasteiger partial charge on any atom is 0.356 e. The minimum atomic E-state index is -1.12. The number of hydrogen-bond donors (Lipinski definition) is 2. The number of furan rings is 1. The molecule has 78 valence electrons. The molecule has 3 N–H and O–H groups in total. The van der Waals surface area contributed by atoms with Crippen LogP contribution in [0.3, 0.4) is 0 Å². The molecule has 15 heavy (non-hydrogen) atoms. The normalized spacial score (nSPS) is 10.5. The Labute approximate surface area is 96.7 Å². The average molecular weight is 289 g/mol. The van der Waals surface area contributed by atoms with Crippen molar-refractivity contribution in [2.45, 2.75) is 0 Å². The number of carboxylic acids is 1. The summed E-state index contributed by atoms with van der Waals surface area (Å²) in [6, 6.07) is 3.33. The van der Waals surface area contributed by atoms with Crippen LogP contribution in [-0.2, 0) is 0 Å². The number of carbonyl (C=O) groups is 1. The van der Waals surface area contributed by atoms with Crippen LogP contribution in [0.5, 0.6) is 0 Å². The Balaban J connectivity index is 2.56. The molecule has 2 heterocycles. The molecule has 0 spiro atoms. The highest BCUT2D eigenvalue weighted by molar-refractivity contribution is 9.10. The summed E-state index contributed by atoms with van der Waals surface area (Å²) in [5.41, 5.74) is 5.37. The van der Waals surface area contributed by atoms with Gasteiger partial charge in [-0.25, -0.2) is 9.78 Å². The summed E-state index contributed by atoms with van der Waals surface area (Å²) in [6.07, 6.45) is 0. The molecular formula is C8H5BrN2O3S. The number of aromatic carboxylic acids is 1. The van der Waals surface area contributed by atoms with Crippen LogP contribution < -0.4 is 5.73 Å². The molecule has 2 aromatic heterocycles. The number of nitrogens with zero attached hydrogens (tertiary/aromatic N) is 1. The lowest BCUT2D eigenvalue weighted by molar-refractivity contribution is 0.0692. The lowest BCUT2D eigenvalue weighted by atomic mass is 10.3. The average Bonchev–Trinajstić information content (AvgIpc) is 2.71. The second kappa shape index (κ2) is 3.67. The van der Waals surface area contributed by atoms with Crippen LogP contribution in [0.2, 0.25) is 0 Å². The van der Waals surface area contributed by atoms with Crippen molar-refractivity contribution in [3.05, 3.63) is 22.5 Å². The number of nitrogens with two attached hydrogens (primary N) is 1. The van der Waals surface area contributed by atoms with Crippen molar-refractivity contribution in [1.82, 2.24) is 4.98 Å². The Kier molecular flexibility index (Phi) is 2.49. The molecule has 0 saturated heterocycles. The zero-order chi connectivity index (χ0) is 11.0. The van der Waals surface area contributed by atoms with E-state index in [1.165, 1.54) is 0 Å². The number of nitrogen functional groups attached to an aromatic ring is 1. The largest absolute Gasteiger partial charge is 0.476 e. The first kappa shape index (κ1) is 10.2. The SMILES string of the molecule is Nc1nc(C(=O)O)c(-c2ccc(Br)o2)s1. The molecule has 0 bridgehead atoms. The van der Waals surface area contributed by atoms with Gasteiger partial charge in [0, 0.05) is 0 Å². The van der Waals surface area contributed by atoms with Gasteiger partial charge in [-0.05, 0) is 28.1 Å². The summed E-state index contributed by atoms with van der Waals surface area (Å²) in [5, 5.41) is 9.09. The summed E-state index contributed by atoms with van der Waals surface area (Å²) in [4.78, 5) is 15.0. The molecule has 0 saturated carbocycles. The zero-order valence-electron chi connectivity index (χ0n) is 7.23. The molecular weight excluding hydrogens is 284 g/mol. The number of aromatic nitrogens is 1. The van der Waals surface area contributed by atoms with Gasteiger partial charge in [0.2, 0.25) is 0 Å². The molecule has 2 aromatic rings. The van der Waals surface area contributed by atoms with E-state index in [1.807, 2.05) is 0 Å². The van der Waals surface area contributed by atoms with Crippen LogP contribution in [0.4, 0.5) is 5.13 Å². The number of thiazole rings is 1. The van der Waals surface area contributed by atoms with Crippen molar-refractivity contribution in [2.24, 2.45) is 0 Å². The van der Waals surface area contributed by atoms with Crippen LogP contribution in [0.1, 0.15) is 10.5 Å². The van der Waals surface area contributed by atoms with Crippen molar-refractivity contribution in [1.29, 1.82) is 0 Å². The van der Waals surface area contributed by atoms with Crippen LogP contribution in [0, 0.1) is 0 Å². The van der Waals surface area contributed by atoms with Gasteiger partial charge in [-0.3, -0.25) is 0 Å². The molecule has 5 nitrogen and oxygen atoms in total. The standard InChI is InChI=1S/C8H5BrN2O3S/c9-4-2-1-3(14-4)6-5(7(12)13)11-8(10)15-6/h1-2H,(H2,10,11)(H,12,13). The van der Waals surface area contributed by atoms with Crippen LogP contribution in [0.25, 0.3) is 10.6 Å². The Morgan fingerprint density at radius 3 is 2.87 bits per heavy atom. The van der Waals surface area contributed by atoms with E-state index in [4.69, 9.17) is 15.3 Å². The van der Waals surface area contributed by atoms with Crippen molar-refractivity contribution in [3.63, 3.8) is 0 Å². The summed E-state index contributed by atoms with van der Waals surface area (Å²) < 4.78 is 5.77. The summed E-state index contributed by atoms with van der Waals surface area (Å²) in [7, 11) is 0. The van der Waals surface area contributed by atoms with Crippen molar-refractivity contribution >= 4 is 38.4 Å². The lowest BCUT2D eigenvalue weighted by Gasteiger charge is -1.92. The van der Waals surface area contributed by atoms with E-state index in [1.54, 1.807) is 12.1 Å². The minimum absolute atomic E-state index is 0.0839. The van der Waals surface area contributed by atoms with E-state index >= 15 is 0 Å². The van der Waals surface area contributed by atoms with Gasteiger partial charge in [-0.1, -0.05) is 11.3 Å². The quantitative estimate of drug-likeness (QED) is 0.886. The molecule has 0 amide bonds. The number of halogens is 1. The Bertz CT molecular complexity index is 520. The number of hydrogen-bond acceptors (Lipinski definition) is 5. The molecule has 0 fully saturated rings. The minimum Gasteiger partial charge on any atom is -0.476 e. The number of rotatable bonds is 2. The second-order valence-corrected chi connectivity index (χ2v) is 4.45. The molecule has 0 aliphatic heterocycles. The van der Waals surface area contributed by atoms with Gasteiger partial charge in [-0.2, -0.15) is 0 Å². The Morgan fingerprint density at radius 1 is 1.60 bits per heavy atom. The van der Waals surface area contributed by atoms with Gasteiger partial charge in [0.25, 0.3) is 0 Å². The summed E-state index contributed by atoms with van der Waals surface area (Å²) in [6.45, 7) is 0. The van der Waals surface area contributed by atoms with E-state index in [2.05, 4.69) is 20.9 Å². The zero-order valence-corrected chi connectivity index (χ0v) is 9.63. The first-order valence-corrected chi connectivity index (χ1v) is 5.44. The second-order valence-electron chi connectivity index (χ2n) is 2.64. The molecule has 7 heteroatoms. The van der Waals surface area contributed by atoms with E-state index in [0.717, 1.165) is 11.3 Å². The van der Waals surface area contributed by atoms with E-state index in [9.17, 15) is 4.79 Å². The van der Waals surface area contributed by atoms with Crippen LogP contribution in [0.15, 0.2) is 21.2 Å². The van der Waals surface area contributed by atoms with E-state index < -0.39 is 5.97 Å². The molecule has 0 radical (unpaired) electrons. The van der Waals surface area contributed by atoms with Crippen LogP contribution in [-0.4, -0.2) is 16.1 Å². The smallest absolute Gasteiger partial charge is 0.356 e. The fourth-order valence-electron chi connectivity index (χ4n) is 1.08. The van der Waals surface area contributed by atoms with E-state index in [-0.39, 0.29) is 10.8 Å². The molecule has 0 aliphatic rings. The van der Waals surface area contributed by atoms with Gasteiger partial charge in [0.05, 0.1) is 0 Å². The molecule has 2 rings (SSSR count). The Morgan fingerprint density at radius 2 is 2.33 bits per heavy atom. The fraction of sp³-hybridized carbons (Fsp3) is 0. The van der Waals surface area contributed by atoms with Crippen molar-refractivity contribution in [2.75, 3.05) is 5.73 Å². The first-order chi connectivity index (χ1) is 7.08. The fourth-order valence-corrected chi connectivity index (χ4v) is 2.18. The predicted molar refractivity (Wildman–Crippen MR) is 58.9 cm³/mol. The first-order valence-electron chi connectivity index (χ1n) is 3.83. The third kappa shape index (κ3) is 1.88. The van der Waals surface area contributed by atoms with Gasteiger partial charge in [0.15, 0.2) is 15.5 Å². The highest BCUT2D eigenvalue weighted by Gasteiger charge is 2.20. The summed E-state index contributed by atoms with van der Waals surface area (Å²) >= 11 is 4.22. The Hall–Kier alpha value is -1.34. The van der Waals surface area contributed by atoms with Crippen molar-refractivity contribution in [3.8, 4) is 10.6 Å². The highest BCUT2D eigenvalue weighted by Crippen LogP contribution is 2.33. The van der Waals surface area contributed by atoms with Crippen molar-refractivity contribution < 1.29 is 14.3 Å². The topological polar surface area (TPSA) is 89.3 Å². The van der Waals surface area contributed by atoms with Gasteiger partial charge >= 0.3 is 5.97 Å². The van der Waals surface area contributed by atoms with Gasteiger partial charge < -0.3 is 15.3 Å². The monoisotopic (exact) mass is 288 g/mol. The predicted octanol–water partition coefficient (Wildman–Crippen LogP) is 2.45. The molecule has 0 aliphatic carbocycles.